The SMILES string of the molecule is Cc1cccc(C2=N[C@H](NC(=O)[C@H](CCC(F)(F)F)[C@H](CCCC(F)(F)F)C(N)=O)C(=O)Nc3c(OC4CC4)cccc32)c1. The molecule has 14 heteroatoms. The molecule has 1 aliphatic carbocycles. The number of nitrogens with two attached hydrogens (primary N) is 1. The number of nitrogens with zero attached hydrogens (tertiary/aromatic N) is 1. The minimum absolute atomic E-state index is 0.0333. The Balaban J connectivity index is 1.69. The van der Waals surface area contributed by atoms with Crippen molar-refractivity contribution in [2.45, 2.75) is 76.5 Å². The zero-order chi connectivity index (χ0) is 32.2. The van der Waals surface area contributed by atoms with Crippen LogP contribution in [-0.4, -0.2) is 48.1 Å². The number of benzene rings is 2. The number of alkyl halides is 6. The number of aliphatic imine (C=N–C) groups is 1. The molecule has 44 heavy (non-hydrogen) atoms. The van der Waals surface area contributed by atoms with Gasteiger partial charge in [-0.1, -0.05) is 35.9 Å². The molecule has 0 bridgehead atoms. The van der Waals surface area contributed by atoms with Crippen LogP contribution in [-0.2, 0) is 14.4 Å². The Morgan fingerprint density at radius 3 is 2.32 bits per heavy atom. The van der Waals surface area contributed by atoms with E-state index in [-0.39, 0.29) is 17.5 Å². The molecule has 3 amide bonds. The fraction of sp³-hybridized carbons (Fsp3) is 0.467. The highest BCUT2D eigenvalue weighted by molar-refractivity contribution is 6.20. The fourth-order valence-electron chi connectivity index (χ4n) is 5.03. The summed E-state index contributed by atoms with van der Waals surface area (Å²) in [7, 11) is 0. The van der Waals surface area contributed by atoms with E-state index in [1.807, 2.05) is 13.0 Å². The van der Waals surface area contributed by atoms with Crippen molar-refractivity contribution >= 4 is 29.1 Å². The molecular formula is C30H32F6N4O4. The largest absolute Gasteiger partial charge is 0.488 e. The average molecular weight is 627 g/mol. The summed E-state index contributed by atoms with van der Waals surface area (Å²) in [5.74, 6) is -6.28. The molecule has 0 aromatic heterocycles. The molecule has 2 aliphatic rings. The third-order valence-electron chi connectivity index (χ3n) is 7.33. The summed E-state index contributed by atoms with van der Waals surface area (Å²) < 4.78 is 83.8. The first-order valence-corrected chi connectivity index (χ1v) is 14.1. The minimum Gasteiger partial charge on any atom is -0.488 e. The number of ether oxygens (including phenoxy) is 1. The number of fused-ring (bicyclic) bond motifs is 1. The van der Waals surface area contributed by atoms with Crippen molar-refractivity contribution in [3.63, 3.8) is 0 Å². The van der Waals surface area contributed by atoms with Crippen molar-refractivity contribution in [2.75, 3.05) is 5.32 Å². The zero-order valence-corrected chi connectivity index (χ0v) is 23.7. The minimum atomic E-state index is -4.73. The first-order chi connectivity index (χ1) is 20.6. The Kier molecular flexibility index (Phi) is 9.89. The number of primary amides is 1. The van der Waals surface area contributed by atoms with Gasteiger partial charge in [-0.15, -0.1) is 0 Å². The third-order valence-corrected chi connectivity index (χ3v) is 7.33. The summed E-state index contributed by atoms with van der Waals surface area (Å²) in [5.41, 5.74) is 7.84. The van der Waals surface area contributed by atoms with Crippen molar-refractivity contribution in [3.05, 3.63) is 59.2 Å². The molecule has 8 nitrogen and oxygen atoms in total. The van der Waals surface area contributed by atoms with E-state index >= 15 is 0 Å². The molecule has 0 saturated heterocycles. The van der Waals surface area contributed by atoms with Crippen LogP contribution in [0, 0.1) is 18.8 Å². The van der Waals surface area contributed by atoms with Gasteiger partial charge in [0.05, 0.1) is 17.5 Å². The van der Waals surface area contributed by atoms with Gasteiger partial charge in [-0.2, -0.15) is 26.3 Å². The van der Waals surface area contributed by atoms with E-state index in [2.05, 4.69) is 15.6 Å². The standard InChI is InChI=1S/C30H32F6N4O4/c1-16-5-2-6-17(15-16)23-21-7-3-9-22(44-18-10-11-18)24(21)39-28(43)26(38-23)40-27(42)20(12-14-30(34,35)36)19(25(37)41)8-4-13-29(31,32)33/h2-3,5-7,9,15,18-20,26H,4,8,10-14H2,1H3,(H2,37,41)(H,39,43)(H,40,42)/t19-,20+,26+/m0/s1. The molecule has 1 aliphatic heterocycles. The Bertz CT molecular complexity index is 1420. The van der Waals surface area contributed by atoms with Gasteiger partial charge in [-0.05, 0) is 51.2 Å². The number of benzodiazepines with no additional fused rings is 1. The lowest BCUT2D eigenvalue weighted by Gasteiger charge is -2.26. The first-order valence-electron chi connectivity index (χ1n) is 14.1. The highest BCUT2D eigenvalue weighted by atomic mass is 19.4. The summed E-state index contributed by atoms with van der Waals surface area (Å²) in [6, 6.07) is 12.2. The second kappa shape index (κ2) is 13.3. The molecule has 1 heterocycles. The van der Waals surface area contributed by atoms with Crippen LogP contribution in [0.2, 0.25) is 0 Å². The van der Waals surface area contributed by atoms with Crippen LogP contribution in [0.5, 0.6) is 5.75 Å². The molecular weight excluding hydrogens is 594 g/mol. The lowest BCUT2D eigenvalue weighted by Crippen LogP contribution is -2.48. The lowest BCUT2D eigenvalue weighted by molar-refractivity contribution is -0.147. The van der Waals surface area contributed by atoms with Crippen LogP contribution in [0.25, 0.3) is 0 Å². The number of anilines is 1. The number of carbonyl (C=O) groups is 3. The highest BCUT2D eigenvalue weighted by Crippen LogP contribution is 2.37. The first kappa shape index (κ1) is 32.8. The van der Waals surface area contributed by atoms with Gasteiger partial charge in [0.1, 0.15) is 5.75 Å². The molecule has 0 spiro atoms. The van der Waals surface area contributed by atoms with Crippen molar-refractivity contribution < 1.29 is 45.5 Å². The van der Waals surface area contributed by atoms with Gasteiger partial charge in [-0.3, -0.25) is 14.4 Å². The van der Waals surface area contributed by atoms with E-state index in [1.54, 1.807) is 36.4 Å². The third kappa shape index (κ3) is 8.96. The molecule has 1 saturated carbocycles. The van der Waals surface area contributed by atoms with Crippen LogP contribution >= 0.6 is 0 Å². The van der Waals surface area contributed by atoms with Crippen molar-refractivity contribution in [1.29, 1.82) is 0 Å². The molecule has 2 aromatic carbocycles. The van der Waals surface area contributed by atoms with E-state index in [1.165, 1.54) is 0 Å². The van der Waals surface area contributed by atoms with Crippen LogP contribution in [0.4, 0.5) is 32.0 Å². The van der Waals surface area contributed by atoms with Crippen LogP contribution in [0.15, 0.2) is 47.5 Å². The number of hydrogen-bond donors (Lipinski definition) is 3. The van der Waals surface area contributed by atoms with Crippen molar-refractivity contribution in [3.8, 4) is 5.75 Å². The van der Waals surface area contributed by atoms with Gasteiger partial charge < -0.3 is 21.1 Å². The Morgan fingerprint density at radius 1 is 1.02 bits per heavy atom. The van der Waals surface area contributed by atoms with E-state index in [9.17, 15) is 40.7 Å². The van der Waals surface area contributed by atoms with Gasteiger partial charge in [0.25, 0.3) is 5.91 Å². The van der Waals surface area contributed by atoms with E-state index in [0.717, 1.165) is 18.4 Å². The molecule has 1 fully saturated rings. The molecule has 238 valence electrons. The second-order valence-electron chi connectivity index (χ2n) is 11.0. The number of amides is 3. The number of para-hydroxylation sites is 1. The smallest absolute Gasteiger partial charge is 0.389 e. The number of nitrogens with one attached hydrogen (secondary N) is 2. The van der Waals surface area contributed by atoms with E-state index in [0.29, 0.717) is 16.9 Å². The number of rotatable bonds is 12. The number of hydrogen-bond acceptors (Lipinski definition) is 5. The van der Waals surface area contributed by atoms with Crippen LogP contribution < -0.4 is 21.1 Å². The Morgan fingerprint density at radius 2 is 1.70 bits per heavy atom. The molecule has 4 N–H and O–H groups in total. The second-order valence-corrected chi connectivity index (χ2v) is 11.0. The Hall–Kier alpha value is -4.10. The number of halogens is 6. The molecule has 3 atom stereocenters. The Labute approximate surface area is 249 Å². The summed E-state index contributed by atoms with van der Waals surface area (Å²) in [5, 5.41) is 5.03. The summed E-state index contributed by atoms with van der Waals surface area (Å²) in [6.07, 6.45) is -14.3. The van der Waals surface area contributed by atoms with Gasteiger partial charge in [-0.25, -0.2) is 4.99 Å². The number of carbonyl (C=O) groups excluding carboxylic acids is 3. The topological polar surface area (TPSA) is 123 Å². The number of aryl methyl sites for hydroxylation is 1. The van der Waals surface area contributed by atoms with Crippen LogP contribution in [0.1, 0.15) is 61.6 Å². The maximum absolute atomic E-state index is 13.5. The predicted molar refractivity (Wildman–Crippen MR) is 149 cm³/mol. The van der Waals surface area contributed by atoms with Gasteiger partial charge in [0.15, 0.2) is 0 Å². The van der Waals surface area contributed by atoms with Gasteiger partial charge >= 0.3 is 12.4 Å². The zero-order valence-electron chi connectivity index (χ0n) is 23.7. The summed E-state index contributed by atoms with van der Waals surface area (Å²) >= 11 is 0. The van der Waals surface area contributed by atoms with E-state index in [4.69, 9.17) is 10.5 Å². The molecule has 0 unspecified atom stereocenters. The maximum Gasteiger partial charge on any atom is 0.389 e. The highest BCUT2D eigenvalue weighted by Gasteiger charge is 2.39. The van der Waals surface area contributed by atoms with Crippen molar-refractivity contribution in [1.82, 2.24) is 5.32 Å². The summed E-state index contributed by atoms with van der Waals surface area (Å²) in [6.45, 7) is 1.84. The normalized spacial score (nSPS) is 18.3. The maximum atomic E-state index is 13.5. The monoisotopic (exact) mass is 626 g/mol. The van der Waals surface area contributed by atoms with E-state index < -0.39 is 80.2 Å². The van der Waals surface area contributed by atoms with Crippen molar-refractivity contribution in [2.24, 2.45) is 22.6 Å². The van der Waals surface area contributed by atoms with Gasteiger partial charge in [0, 0.05) is 35.8 Å². The van der Waals surface area contributed by atoms with Crippen LogP contribution in [0.3, 0.4) is 0 Å². The lowest BCUT2D eigenvalue weighted by atomic mass is 9.83. The molecule has 4 rings (SSSR count). The quantitative estimate of drug-likeness (QED) is 0.267. The summed E-state index contributed by atoms with van der Waals surface area (Å²) in [4.78, 5) is 43.7. The fourth-order valence-corrected chi connectivity index (χ4v) is 5.03. The van der Waals surface area contributed by atoms with Gasteiger partial charge in [0.2, 0.25) is 18.0 Å². The molecule has 0 radical (unpaired) electrons. The average Bonchev–Trinajstić information content (AvgIpc) is 3.74. The predicted octanol–water partition coefficient (Wildman–Crippen LogP) is 5.56. The molecule has 2 aromatic rings.